The first-order chi connectivity index (χ1) is 8.25. The standard InChI is InChI=1S/C11H13NO4S/c13-7-5-16-9-6(4-15-10(7)9)12-11(14)8-2-1-3-17-8/h1-3,6-7,9-10,13H,4-5H2,(H,12,14). The van der Waals surface area contributed by atoms with Gasteiger partial charge in [0.05, 0.1) is 24.1 Å². The van der Waals surface area contributed by atoms with Crippen LogP contribution in [0.4, 0.5) is 0 Å². The van der Waals surface area contributed by atoms with Crippen LogP contribution >= 0.6 is 11.3 Å². The Morgan fingerprint density at radius 2 is 2.24 bits per heavy atom. The average Bonchev–Trinajstić information content (AvgIpc) is 3.00. The number of rotatable bonds is 2. The monoisotopic (exact) mass is 255 g/mol. The van der Waals surface area contributed by atoms with Gasteiger partial charge in [0.15, 0.2) is 0 Å². The van der Waals surface area contributed by atoms with E-state index in [0.717, 1.165) is 0 Å². The molecule has 0 radical (unpaired) electrons. The predicted molar refractivity (Wildman–Crippen MR) is 61.1 cm³/mol. The lowest BCUT2D eigenvalue weighted by Crippen LogP contribution is -2.44. The average molecular weight is 255 g/mol. The van der Waals surface area contributed by atoms with Crippen LogP contribution in [0.15, 0.2) is 17.5 Å². The Bertz CT molecular complexity index is 408. The fourth-order valence-corrected chi connectivity index (χ4v) is 2.88. The van der Waals surface area contributed by atoms with Crippen molar-refractivity contribution in [3.63, 3.8) is 0 Å². The second-order valence-corrected chi connectivity index (χ2v) is 5.17. The van der Waals surface area contributed by atoms with Gasteiger partial charge in [0, 0.05) is 0 Å². The third-order valence-electron chi connectivity index (χ3n) is 3.09. The maximum absolute atomic E-state index is 11.9. The molecule has 1 aromatic heterocycles. The minimum atomic E-state index is -0.580. The van der Waals surface area contributed by atoms with Crippen molar-refractivity contribution in [1.82, 2.24) is 5.32 Å². The van der Waals surface area contributed by atoms with E-state index in [1.807, 2.05) is 11.4 Å². The number of hydrogen-bond acceptors (Lipinski definition) is 5. The summed E-state index contributed by atoms with van der Waals surface area (Å²) in [4.78, 5) is 12.5. The van der Waals surface area contributed by atoms with E-state index in [-0.39, 0.29) is 30.8 Å². The molecule has 92 valence electrons. The van der Waals surface area contributed by atoms with Crippen molar-refractivity contribution in [1.29, 1.82) is 0 Å². The first-order valence-corrected chi connectivity index (χ1v) is 6.39. The van der Waals surface area contributed by atoms with Crippen molar-refractivity contribution in [2.75, 3.05) is 13.2 Å². The maximum Gasteiger partial charge on any atom is 0.261 e. The Balaban J connectivity index is 1.65. The number of aliphatic hydroxyl groups excluding tert-OH is 1. The van der Waals surface area contributed by atoms with Crippen molar-refractivity contribution >= 4 is 17.2 Å². The van der Waals surface area contributed by atoms with Crippen molar-refractivity contribution < 1.29 is 19.4 Å². The zero-order chi connectivity index (χ0) is 11.8. The molecule has 0 saturated carbocycles. The number of hydrogen-bond donors (Lipinski definition) is 2. The van der Waals surface area contributed by atoms with E-state index in [2.05, 4.69) is 5.32 Å². The SMILES string of the molecule is O=C(NC1COC2C(O)COC12)c1cccs1. The molecule has 2 saturated heterocycles. The largest absolute Gasteiger partial charge is 0.388 e. The van der Waals surface area contributed by atoms with Crippen molar-refractivity contribution in [3.05, 3.63) is 22.4 Å². The highest BCUT2D eigenvalue weighted by Gasteiger charge is 2.47. The highest BCUT2D eigenvalue weighted by atomic mass is 32.1. The van der Waals surface area contributed by atoms with Gasteiger partial charge in [-0.2, -0.15) is 0 Å². The Morgan fingerprint density at radius 3 is 3.00 bits per heavy atom. The van der Waals surface area contributed by atoms with Gasteiger partial charge in [-0.05, 0) is 11.4 Å². The topological polar surface area (TPSA) is 67.8 Å². The minimum absolute atomic E-state index is 0.112. The Hall–Kier alpha value is -0.950. The number of carbonyl (C=O) groups is 1. The number of carbonyl (C=O) groups excluding carboxylic acids is 1. The molecule has 2 aliphatic rings. The van der Waals surface area contributed by atoms with Crippen LogP contribution in [0, 0.1) is 0 Å². The van der Waals surface area contributed by atoms with Gasteiger partial charge in [-0.3, -0.25) is 4.79 Å². The third-order valence-corrected chi connectivity index (χ3v) is 3.96. The summed E-state index contributed by atoms with van der Waals surface area (Å²) >= 11 is 1.40. The molecule has 0 spiro atoms. The van der Waals surface area contributed by atoms with E-state index in [0.29, 0.717) is 11.5 Å². The molecule has 0 aromatic carbocycles. The van der Waals surface area contributed by atoms with E-state index in [1.54, 1.807) is 6.07 Å². The van der Waals surface area contributed by atoms with Gasteiger partial charge in [-0.15, -0.1) is 11.3 Å². The van der Waals surface area contributed by atoms with Crippen LogP contribution in [-0.4, -0.2) is 48.6 Å². The number of amides is 1. The number of thiophene rings is 1. The molecular formula is C11H13NO4S. The molecule has 2 fully saturated rings. The zero-order valence-electron chi connectivity index (χ0n) is 9.04. The van der Waals surface area contributed by atoms with Gasteiger partial charge < -0.3 is 19.9 Å². The highest BCUT2D eigenvalue weighted by Crippen LogP contribution is 2.27. The summed E-state index contributed by atoms with van der Waals surface area (Å²) in [5.41, 5.74) is 0. The molecule has 3 rings (SSSR count). The molecule has 6 heteroatoms. The predicted octanol–water partition coefficient (Wildman–Crippen LogP) is 0.00500. The Morgan fingerprint density at radius 1 is 1.41 bits per heavy atom. The van der Waals surface area contributed by atoms with E-state index in [9.17, 15) is 9.90 Å². The second-order valence-electron chi connectivity index (χ2n) is 4.22. The van der Waals surface area contributed by atoms with Gasteiger partial charge in [-0.1, -0.05) is 6.07 Å². The second kappa shape index (κ2) is 4.38. The van der Waals surface area contributed by atoms with Gasteiger partial charge in [-0.25, -0.2) is 0 Å². The first-order valence-electron chi connectivity index (χ1n) is 5.51. The molecule has 3 heterocycles. The van der Waals surface area contributed by atoms with Crippen LogP contribution < -0.4 is 5.32 Å². The van der Waals surface area contributed by atoms with Crippen LogP contribution in [0.1, 0.15) is 9.67 Å². The molecule has 4 atom stereocenters. The molecule has 1 aromatic rings. The minimum Gasteiger partial charge on any atom is -0.388 e. The van der Waals surface area contributed by atoms with Crippen molar-refractivity contribution in [2.45, 2.75) is 24.4 Å². The molecule has 5 nitrogen and oxygen atoms in total. The third kappa shape index (κ3) is 1.97. The molecule has 2 N–H and O–H groups in total. The summed E-state index contributed by atoms with van der Waals surface area (Å²) in [6, 6.07) is 3.44. The molecule has 0 aliphatic carbocycles. The molecule has 2 aliphatic heterocycles. The Labute approximate surface area is 102 Å². The number of aliphatic hydroxyl groups is 1. The van der Waals surface area contributed by atoms with Crippen LogP contribution in [0.25, 0.3) is 0 Å². The van der Waals surface area contributed by atoms with E-state index >= 15 is 0 Å². The summed E-state index contributed by atoms with van der Waals surface area (Å²) in [5.74, 6) is -0.112. The van der Waals surface area contributed by atoms with Crippen LogP contribution in [-0.2, 0) is 9.47 Å². The lowest BCUT2D eigenvalue weighted by molar-refractivity contribution is 0.0178. The van der Waals surface area contributed by atoms with Gasteiger partial charge >= 0.3 is 0 Å². The number of nitrogens with one attached hydrogen (secondary N) is 1. The highest BCUT2D eigenvalue weighted by molar-refractivity contribution is 7.12. The van der Waals surface area contributed by atoms with Gasteiger partial charge in [0.25, 0.3) is 5.91 Å². The summed E-state index contributed by atoms with van der Waals surface area (Å²) in [6.07, 6.45) is -1.11. The van der Waals surface area contributed by atoms with E-state index in [1.165, 1.54) is 11.3 Å². The van der Waals surface area contributed by atoms with Crippen LogP contribution in [0.3, 0.4) is 0 Å². The fraction of sp³-hybridized carbons (Fsp3) is 0.545. The number of fused-ring (bicyclic) bond motifs is 1. The van der Waals surface area contributed by atoms with Crippen molar-refractivity contribution in [3.8, 4) is 0 Å². The van der Waals surface area contributed by atoms with Gasteiger partial charge in [0.2, 0.25) is 0 Å². The van der Waals surface area contributed by atoms with Crippen LogP contribution in [0.5, 0.6) is 0 Å². The normalized spacial score (nSPS) is 35.8. The van der Waals surface area contributed by atoms with E-state index in [4.69, 9.17) is 9.47 Å². The molecular weight excluding hydrogens is 242 g/mol. The molecule has 17 heavy (non-hydrogen) atoms. The smallest absolute Gasteiger partial charge is 0.261 e. The molecule has 1 amide bonds. The van der Waals surface area contributed by atoms with Crippen LogP contribution in [0.2, 0.25) is 0 Å². The van der Waals surface area contributed by atoms with Crippen molar-refractivity contribution in [2.24, 2.45) is 0 Å². The number of ether oxygens (including phenoxy) is 2. The first kappa shape index (κ1) is 11.2. The lowest BCUT2D eigenvalue weighted by Gasteiger charge is -2.16. The summed E-state index contributed by atoms with van der Waals surface area (Å²) < 4.78 is 10.9. The van der Waals surface area contributed by atoms with E-state index < -0.39 is 6.10 Å². The van der Waals surface area contributed by atoms with Gasteiger partial charge in [0.1, 0.15) is 18.3 Å². The lowest BCUT2D eigenvalue weighted by atomic mass is 10.1. The summed E-state index contributed by atoms with van der Waals surface area (Å²) in [6.45, 7) is 0.671. The summed E-state index contributed by atoms with van der Waals surface area (Å²) in [7, 11) is 0. The fourth-order valence-electron chi connectivity index (χ4n) is 2.25. The Kier molecular flexibility index (Phi) is 2.87. The maximum atomic E-state index is 11.9. The zero-order valence-corrected chi connectivity index (χ0v) is 9.85. The molecule has 0 bridgehead atoms. The molecule has 4 unspecified atom stereocenters. The summed E-state index contributed by atoms with van der Waals surface area (Å²) in [5, 5.41) is 14.3. The quantitative estimate of drug-likeness (QED) is 0.781.